The number of benzene rings is 2. The topological polar surface area (TPSA) is 67.8 Å². The molecule has 1 atom stereocenters. The second-order valence-electron chi connectivity index (χ2n) is 6.21. The second-order valence-corrected chi connectivity index (χ2v) is 6.21. The van der Waals surface area contributed by atoms with Gasteiger partial charge in [0.2, 0.25) is 5.91 Å². The maximum Gasteiger partial charge on any atom is 0.224 e. The predicted octanol–water partition coefficient (Wildman–Crippen LogP) is 3.61. The number of carbonyl (C=O) groups is 1. The van der Waals surface area contributed by atoms with Gasteiger partial charge >= 0.3 is 0 Å². The molecule has 5 heteroatoms. The number of phenolic OH excluding ortho intramolecular Hbond substituents is 1. The summed E-state index contributed by atoms with van der Waals surface area (Å²) in [5, 5.41) is 12.4. The van der Waals surface area contributed by atoms with E-state index in [-0.39, 0.29) is 30.2 Å². The summed E-state index contributed by atoms with van der Waals surface area (Å²) in [6.07, 6.45) is 0.267. The lowest BCUT2D eigenvalue weighted by Crippen LogP contribution is -2.28. The first-order valence-electron chi connectivity index (χ1n) is 8.31. The van der Waals surface area contributed by atoms with Crippen molar-refractivity contribution in [3.8, 4) is 17.2 Å². The Hall–Kier alpha value is -2.69. The molecule has 0 saturated carbocycles. The van der Waals surface area contributed by atoms with Crippen molar-refractivity contribution in [1.82, 2.24) is 5.32 Å². The van der Waals surface area contributed by atoms with E-state index in [9.17, 15) is 9.90 Å². The van der Waals surface area contributed by atoms with Crippen LogP contribution in [-0.2, 0) is 11.2 Å². The summed E-state index contributed by atoms with van der Waals surface area (Å²) < 4.78 is 11.1. The molecule has 2 rings (SSSR count). The molecule has 0 aromatic heterocycles. The van der Waals surface area contributed by atoms with Crippen LogP contribution in [0.3, 0.4) is 0 Å². The molecule has 0 radical (unpaired) electrons. The fraction of sp³-hybridized carbons (Fsp3) is 0.350. The van der Waals surface area contributed by atoms with Crippen LogP contribution in [-0.4, -0.2) is 24.2 Å². The number of nitrogens with one attached hydrogen (secondary N) is 1. The fourth-order valence-corrected chi connectivity index (χ4v) is 2.53. The highest BCUT2D eigenvalue weighted by atomic mass is 16.5. The van der Waals surface area contributed by atoms with Gasteiger partial charge in [-0.3, -0.25) is 4.79 Å². The Morgan fingerprint density at radius 2 is 1.88 bits per heavy atom. The Bertz CT molecular complexity index is 727. The minimum absolute atomic E-state index is 0.0548. The van der Waals surface area contributed by atoms with E-state index in [2.05, 4.69) is 5.32 Å². The molecule has 0 aliphatic rings. The minimum atomic E-state index is -0.174. The van der Waals surface area contributed by atoms with Crippen LogP contribution in [0.1, 0.15) is 37.9 Å². The number of ether oxygens (including phenoxy) is 2. The highest BCUT2D eigenvalue weighted by Gasteiger charge is 2.14. The average molecular weight is 343 g/mol. The molecule has 2 aromatic rings. The van der Waals surface area contributed by atoms with E-state index in [4.69, 9.17) is 9.47 Å². The van der Waals surface area contributed by atoms with Gasteiger partial charge in [-0.1, -0.05) is 18.2 Å². The second kappa shape index (κ2) is 8.42. The molecule has 0 fully saturated rings. The van der Waals surface area contributed by atoms with E-state index >= 15 is 0 Å². The van der Waals surface area contributed by atoms with Gasteiger partial charge < -0.3 is 19.9 Å². The van der Waals surface area contributed by atoms with Crippen molar-refractivity contribution in [2.24, 2.45) is 0 Å². The van der Waals surface area contributed by atoms with E-state index in [1.54, 1.807) is 25.3 Å². The van der Waals surface area contributed by atoms with Gasteiger partial charge in [0.15, 0.2) is 11.5 Å². The molecule has 0 spiro atoms. The highest BCUT2D eigenvalue weighted by molar-refractivity contribution is 5.79. The molecule has 25 heavy (non-hydrogen) atoms. The van der Waals surface area contributed by atoms with Gasteiger partial charge in [-0.15, -0.1) is 0 Å². The highest BCUT2D eigenvalue weighted by Crippen LogP contribution is 2.31. The van der Waals surface area contributed by atoms with E-state index in [1.807, 2.05) is 45.0 Å². The molecule has 5 nitrogen and oxygen atoms in total. The molecule has 134 valence electrons. The number of methoxy groups -OCH3 is 1. The summed E-state index contributed by atoms with van der Waals surface area (Å²) in [7, 11) is 1.59. The molecular formula is C20H25NO4. The summed E-state index contributed by atoms with van der Waals surface area (Å²) in [5.74, 6) is 1.36. The summed E-state index contributed by atoms with van der Waals surface area (Å²) in [5.41, 5.74) is 1.69. The van der Waals surface area contributed by atoms with E-state index < -0.39 is 0 Å². The maximum atomic E-state index is 12.2. The summed E-state index contributed by atoms with van der Waals surface area (Å²) in [6.45, 7) is 5.83. The van der Waals surface area contributed by atoms with Crippen molar-refractivity contribution in [3.05, 3.63) is 53.6 Å². The van der Waals surface area contributed by atoms with Crippen LogP contribution in [0, 0.1) is 0 Å². The van der Waals surface area contributed by atoms with Gasteiger partial charge in [0.25, 0.3) is 0 Å². The molecule has 0 saturated heterocycles. The summed E-state index contributed by atoms with van der Waals surface area (Å²) in [4.78, 5) is 12.2. The van der Waals surface area contributed by atoms with Crippen LogP contribution in [0.5, 0.6) is 17.2 Å². The molecule has 0 aliphatic heterocycles. The lowest BCUT2D eigenvalue weighted by atomic mass is 10.1. The lowest BCUT2D eigenvalue weighted by Gasteiger charge is -2.18. The molecule has 0 aliphatic carbocycles. The van der Waals surface area contributed by atoms with Gasteiger partial charge in [0.1, 0.15) is 5.75 Å². The number of hydrogen-bond donors (Lipinski definition) is 2. The monoisotopic (exact) mass is 343 g/mol. The number of amides is 1. The number of phenols is 1. The van der Waals surface area contributed by atoms with Crippen molar-refractivity contribution in [3.63, 3.8) is 0 Å². The lowest BCUT2D eigenvalue weighted by molar-refractivity contribution is -0.121. The molecule has 1 unspecified atom stereocenters. The zero-order valence-corrected chi connectivity index (χ0v) is 15.1. The third-order valence-corrected chi connectivity index (χ3v) is 3.70. The third kappa shape index (κ3) is 5.41. The van der Waals surface area contributed by atoms with Crippen molar-refractivity contribution in [2.45, 2.75) is 39.3 Å². The molecular weight excluding hydrogens is 318 g/mol. The molecule has 0 heterocycles. The SMILES string of the molecule is COc1cc(C(C)NC(=O)Cc2cccc(O)c2)ccc1OC(C)C. The average Bonchev–Trinajstić information content (AvgIpc) is 2.54. The standard InChI is InChI=1S/C20H25NO4/c1-13(2)25-18-9-8-16(12-19(18)24-4)14(3)21-20(23)11-15-6-5-7-17(22)10-15/h5-10,12-14,22H,11H2,1-4H3,(H,21,23). The van der Waals surface area contributed by atoms with Gasteiger partial charge in [0.05, 0.1) is 25.7 Å². The predicted molar refractivity (Wildman–Crippen MR) is 97.1 cm³/mol. The van der Waals surface area contributed by atoms with Crippen LogP contribution >= 0.6 is 0 Å². The number of carbonyl (C=O) groups excluding carboxylic acids is 1. The third-order valence-electron chi connectivity index (χ3n) is 3.70. The molecule has 2 aromatic carbocycles. The van der Waals surface area contributed by atoms with Crippen molar-refractivity contribution in [1.29, 1.82) is 0 Å². The molecule has 2 N–H and O–H groups in total. The van der Waals surface area contributed by atoms with E-state index in [0.717, 1.165) is 11.1 Å². The largest absolute Gasteiger partial charge is 0.508 e. The first kappa shape index (κ1) is 18.6. The number of rotatable bonds is 7. The van der Waals surface area contributed by atoms with Gasteiger partial charge in [-0.25, -0.2) is 0 Å². The fourth-order valence-electron chi connectivity index (χ4n) is 2.53. The van der Waals surface area contributed by atoms with Crippen LogP contribution < -0.4 is 14.8 Å². The minimum Gasteiger partial charge on any atom is -0.508 e. The molecule has 1 amide bonds. The van der Waals surface area contributed by atoms with Crippen molar-refractivity contribution < 1.29 is 19.4 Å². The maximum absolute atomic E-state index is 12.2. The Morgan fingerprint density at radius 3 is 2.52 bits per heavy atom. The quantitative estimate of drug-likeness (QED) is 0.806. The number of aromatic hydroxyl groups is 1. The first-order valence-corrected chi connectivity index (χ1v) is 8.31. The Kier molecular flexibility index (Phi) is 6.28. The zero-order chi connectivity index (χ0) is 18.4. The van der Waals surface area contributed by atoms with Crippen molar-refractivity contribution >= 4 is 5.91 Å². The van der Waals surface area contributed by atoms with Crippen LogP contribution in [0.2, 0.25) is 0 Å². The van der Waals surface area contributed by atoms with Gasteiger partial charge in [-0.05, 0) is 56.2 Å². The summed E-state index contributed by atoms with van der Waals surface area (Å²) in [6, 6.07) is 12.2. The zero-order valence-electron chi connectivity index (χ0n) is 15.1. The molecule has 0 bridgehead atoms. The first-order chi connectivity index (χ1) is 11.9. The summed E-state index contributed by atoms with van der Waals surface area (Å²) >= 11 is 0. The Balaban J connectivity index is 2.04. The Morgan fingerprint density at radius 1 is 1.12 bits per heavy atom. The van der Waals surface area contributed by atoms with Crippen LogP contribution in [0.4, 0.5) is 0 Å². The van der Waals surface area contributed by atoms with Gasteiger partial charge in [0, 0.05) is 0 Å². The van der Waals surface area contributed by atoms with E-state index in [0.29, 0.717) is 11.5 Å². The van der Waals surface area contributed by atoms with Crippen LogP contribution in [0.25, 0.3) is 0 Å². The van der Waals surface area contributed by atoms with E-state index in [1.165, 1.54) is 0 Å². The smallest absolute Gasteiger partial charge is 0.224 e. The van der Waals surface area contributed by atoms with Gasteiger partial charge in [-0.2, -0.15) is 0 Å². The Labute approximate surface area is 148 Å². The normalized spacial score (nSPS) is 11.9. The van der Waals surface area contributed by atoms with Crippen molar-refractivity contribution in [2.75, 3.05) is 7.11 Å². The van der Waals surface area contributed by atoms with Crippen LogP contribution in [0.15, 0.2) is 42.5 Å². The number of hydrogen-bond acceptors (Lipinski definition) is 4.